The molecule has 3 rings (SSSR count). The summed E-state index contributed by atoms with van der Waals surface area (Å²) in [5, 5.41) is 16.8. The Kier molecular flexibility index (Phi) is 3.16. The number of halogens is 1. The summed E-state index contributed by atoms with van der Waals surface area (Å²) in [7, 11) is 0. The zero-order valence-corrected chi connectivity index (χ0v) is 10.9. The lowest BCUT2D eigenvalue weighted by atomic mass is 10.0. The van der Waals surface area contributed by atoms with Gasteiger partial charge in [-0.25, -0.2) is 14.4 Å². The molecule has 2 heterocycles. The topological polar surface area (TPSA) is 77.3 Å². The third kappa shape index (κ3) is 2.25. The van der Waals surface area contributed by atoms with Crippen LogP contribution in [0, 0.1) is 22.7 Å². The van der Waals surface area contributed by atoms with E-state index in [2.05, 4.69) is 16.3 Å². The maximum atomic E-state index is 13.0. The van der Waals surface area contributed by atoms with Gasteiger partial charge in [0, 0.05) is 11.8 Å². The van der Waals surface area contributed by atoms with Crippen molar-refractivity contribution in [1.82, 2.24) is 9.61 Å². The number of nitriles is 1. The van der Waals surface area contributed by atoms with E-state index in [1.165, 1.54) is 12.1 Å². The molecule has 21 heavy (non-hydrogen) atoms. The monoisotopic (exact) mass is 279 g/mol. The zero-order valence-electron chi connectivity index (χ0n) is 10.9. The molecule has 0 saturated heterocycles. The van der Waals surface area contributed by atoms with Crippen LogP contribution in [0.2, 0.25) is 0 Å². The van der Waals surface area contributed by atoms with Crippen molar-refractivity contribution in [2.75, 3.05) is 0 Å². The van der Waals surface area contributed by atoms with Crippen molar-refractivity contribution in [3.8, 4) is 17.2 Å². The van der Waals surface area contributed by atoms with E-state index in [1.54, 1.807) is 22.8 Å². The molecular weight excluding hydrogens is 269 g/mol. The molecule has 0 aliphatic rings. The van der Waals surface area contributed by atoms with E-state index in [1.807, 2.05) is 12.1 Å². The Bertz CT molecular complexity index is 858. The lowest BCUT2D eigenvalue weighted by Gasteiger charge is -2.01. The van der Waals surface area contributed by atoms with Gasteiger partial charge in [0.05, 0.1) is 12.1 Å². The van der Waals surface area contributed by atoms with Gasteiger partial charge in [0.25, 0.3) is 0 Å². The highest BCUT2D eigenvalue weighted by Gasteiger charge is 2.14. The zero-order chi connectivity index (χ0) is 14.8. The van der Waals surface area contributed by atoms with Gasteiger partial charge >= 0.3 is 0 Å². The van der Waals surface area contributed by atoms with Crippen molar-refractivity contribution in [3.63, 3.8) is 0 Å². The summed E-state index contributed by atoms with van der Waals surface area (Å²) < 4.78 is 14.6. The van der Waals surface area contributed by atoms with Gasteiger partial charge in [-0.2, -0.15) is 15.5 Å². The molecule has 2 aromatic heterocycles. The minimum absolute atomic E-state index is 0.267. The van der Waals surface area contributed by atoms with Gasteiger partial charge in [-0.15, -0.1) is 0 Å². The van der Waals surface area contributed by atoms with Gasteiger partial charge in [0.15, 0.2) is 5.69 Å². The van der Waals surface area contributed by atoms with E-state index in [0.29, 0.717) is 5.56 Å². The first-order chi connectivity index (χ1) is 10.2. The molecule has 6 heteroatoms. The van der Waals surface area contributed by atoms with Crippen LogP contribution in [-0.2, 0) is 6.54 Å². The maximum absolute atomic E-state index is 13.0. The SMILES string of the molecule is N#Cc1nn2cc(CN=N)ccc2c1-c1ccc(F)cc1. The molecule has 1 N–H and O–H groups in total. The highest BCUT2D eigenvalue weighted by atomic mass is 19.1. The van der Waals surface area contributed by atoms with Gasteiger partial charge in [0.1, 0.15) is 11.9 Å². The Hall–Kier alpha value is -3.07. The van der Waals surface area contributed by atoms with Crippen LogP contribution in [0.4, 0.5) is 4.39 Å². The van der Waals surface area contributed by atoms with Crippen molar-refractivity contribution >= 4 is 5.52 Å². The average molecular weight is 279 g/mol. The van der Waals surface area contributed by atoms with Crippen LogP contribution >= 0.6 is 0 Å². The molecule has 0 saturated carbocycles. The molecule has 3 aromatic rings. The van der Waals surface area contributed by atoms with E-state index in [9.17, 15) is 9.65 Å². The predicted molar refractivity (Wildman–Crippen MR) is 74.2 cm³/mol. The van der Waals surface area contributed by atoms with Gasteiger partial charge in [-0.1, -0.05) is 18.2 Å². The van der Waals surface area contributed by atoms with E-state index in [0.717, 1.165) is 16.6 Å². The predicted octanol–water partition coefficient (Wildman–Crippen LogP) is 3.54. The van der Waals surface area contributed by atoms with Gasteiger partial charge in [-0.05, 0) is 29.3 Å². The number of pyridine rings is 1. The minimum Gasteiger partial charge on any atom is -0.239 e. The molecule has 1 aromatic carbocycles. The number of nitrogens with zero attached hydrogens (tertiary/aromatic N) is 4. The van der Waals surface area contributed by atoms with E-state index in [-0.39, 0.29) is 18.1 Å². The normalized spacial score (nSPS) is 10.5. The molecule has 0 aliphatic carbocycles. The Morgan fingerprint density at radius 3 is 2.67 bits per heavy atom. The fourth-order valence-electron chi connectivity index (χ4n) is 2.26. The van der Waals surface area contributed by atoms with Crippen molar-refractivity contribution in [2.24, 2.45) is 5.11 Å². The summed E-state index contributed by atoms with van der Waals surface area (Å²) in [6.07, 6.45) is 1.74. The molecular formula is C15H10FN5. The van der Waals surface area contributed by atoms with Crippen LogP contribution in [0.1, 0.15) is 11.3 Å². The molecule has 5 nitrogen and oxygen atoms in total. The molecule has 0 bridgehead atoms. The lowest BCUT2D eigenvalue weighted by molar-refractivity contribution is 0.628. The fourth-order valence-corrected chi connectivity index (χ4v) is 2.26. The Balaban J connectivity index is 2.23. The minimum atomic E-state index is -0.326. The third-order valence-corrected chi connectivity index (χ3v) is 3.19. The second kappa shape index (κ2) is 5.13. The molecule has 0 atom stereocenters. The second-order valence-electron chi connectivity index (χ2n) is 4.53. The van der Waals surface area contributed by atoms with Gasteiger partial charge < -0.3 is 0 Å². The first kappa shape index (κ1) is 12.9. The summed E-state index contributed by atoms with van der Waals surface area (Å²) in [5.74, 6) is -0.326. The molecule has 0 spiro atoms. The molecule has 0 amide bonds. The molecule has 102 valence electrons. The summed E-state index contributed by atoms with van der Waals surface area (Å²) in [6.45, 7) is 0.267. The third-order valence-electron chi connectivity index (χ3n) is 3.19. The van der Waals surface area contributed by atoms with Gasteiger partial charge in [-0.3, -0.25) is 0 Å². The smallest absolute Gasteiger partial charge is 0.171 e. The standard InChI is InChI=1S/C15H10FN5/c16-12-4-2-11(3-5-12)15-13(7-17)20-21-9-10(8-19-18)1-6-14(15)21/h1-6,9,18H,8H2. The second-order valence-corrected chi connectivity index (χ2v) is 4.53. The first-order valence-corrected chi connectivity index (χ1v) is 6.23. The van der Waals surface area contributed by atoms with Crippen molar-refractivity contribution in [1.29, 1.82) is 10.8 Å². The molecule has 0 aliphatic heterocycles. The average Bonchev–Trinajstić information content (AvgIpc) is 2.86. The molecule has 0 fully saturated rings. The van der Waals surface area contributed by atoms with Crippen LogP contribution in [0.25, 0.3) is 16.6 Å². The summed E-state index contributed by atoms with van der Waals surface area (Å²) in [4.78, 5) is 0. The number of rotatable bonds is 3. The van der Waals surface area contributed by atoms with Crippen LogP contribution in [0.5, 0.6) is 0 Å². The summed E-state index contributed by atoms with van der Waals surface area (Å²) in [5.41, 5.74) is 10.2. The van der Waals surface area contributed by atoms with Crippen LogP contribution in [0.3, 0.4) is 0 Å². The number of hydrogen-bond donors (Lipinski definition) is 1. The summed E-state index contributed by atoms with van der Waals surface area (Å²) in [6, 6.07) is 11.7. The van der Waals surface area contributed by atoms with Crippen molar-refractivity contribution in [2.45, 2.75) is 6.54 Å². The van der Waals surface area contributed by atoms with Crippen LogP contribution in [-0.4, -0.2) is 9.61 Å². The Labute approximate surface area is 119 Å². The Morgan fingerprint density at radius 1 is 1.24 bits per heavy atom. The number of aromatic nitrogens is 2. The maximum Gasteiger partial charge on any atom is 0.171 e. The van der Waals surface area contributed by atoms with E-state index < -0.39 is 0 Å². The quantitative estimate of drug-likeness (QED) is 0.744. The highest BCUT2D eigenvalue weighted by Crippen LogP contribution is 2.28. The molecule has 0 unspecified atom stereocenters. The van der Waals surface area contributed by atoms with E-state index >= 15 is 0 Å². The Morgan fingerprint density at radius 2 is 2.00 bits per heavy atom. The van der Waals surface area contributed by atoms with Crippen LogP contribution < -0.4 is 0 Å². The number of nitrogens with one attached hydrogen (secondary N) is 1. The highest BCUT2D eigenvalue weighted by molar-refractivity contribution is 5.84. The first-order valence-electron chi connectivity index (χ1n) is 6.23. The largest absolute Gasteiger partial charge is 0.239 e. The van der Waals surface area contributed by atoms with E-state index in [4.69, 9.17) is 5.53 Å². The number of hydrogen-bond acceptors (Lipinski definition) is 4. The fraction of sp³-hybridized carbons (Fsp3) is 0.0667. The van der Waals surface area contributed by atoms with Crippen molar-refractivity contribution < 1.29 is 4.39 Å². The number of fused-ring (bicyclic) bond motifs is 1. The van der Waals surface area contributed by atoms with Crippen LogP contribution in [0.15, 0.2) is 47.7 Å². The molecule has 0 radical (unpaired) electrons. The van der Waals surface area contributed by atoms with Crippen molar-refractivity contribution in [3.05, 3.63) is 59.7 Å². The lowest BCUT2D eigenvalue weighted by Crippen LogP contribution is -1.90. The number of benzene rings is 1. The summed E-state index contributed by atoms with van der Waals surface area (Å²) >= 11 is 0. The van der Waals surface area contributed by atoms with Gasteiger partial charge in [0.2, 0.25) is 0 Å².